The molecule has 1 N–H and O–H groups in total. The van der Waals surface area contributed by atoms with Crippen LogP contribution in [-0.2, 0) is 11.2 Å². The second-order valence-electron chi connectivity index (χ2n) is 6.74. The lowest BCUT2D eigenvalue weighted by molar-refractivity contribution is -0.122. The highest BCUT2D eigenvalue weighted by Gasteiger charge is 2.36. The predicted octanol–water partition coefficient (Wildman–Crippen LogP) is 2.73. The molecule has 0 spiro atoms. The van der Waals surface area contributed by atoms with E-state index in [2.05, 4.69) is 17.4 Å². The summed E-state index contributed by atoms with van der Waals surface area (Å²) in [7, 11) is 0. The van der Waals surface area contributed by atoms with E-state index in [0.717, 1.165) is 23.3 Å². The van der Waals surface area contributed by atoms with E-state index in [0.29, 0.717) is 11.1 Å². The van der Waals surface area contributed by atoms with Gasteiger partial charge in [0.05, 0.1) is 11.1 Å². The summed E-state index contributed by atoms with van der Waals surface area (Å²) < 4.78 is 0. The van der Waals surface area contributed by atoms with Gasteiger partial charge in [0.2, 0.25) is 5.91 Å². The zero-order valence-electron chi connectivity index (χ0n) is 15.0. The largest absolute Gasteiger partial charge is 0.352 e. The van der Waals surface area contributed by atoms with Crippen LogP contribution < -0.4 is 5.32 Å². The topological polar surface area (TPSA) is 66.5 Å². The molecule has 3 amide bonds. The number of hydrogen-bond donors (Lipinski definition) is 1. The fraction of sp³-hybridized carbons (Fsp3) is 0.286. The molecule has 0 saturated heterocycles. The van der Waals surface area contributed by atoms with Crippen molar-refractivity contribution in [3.8, 4) is 0 Å². The number of amides is 3. The number of carbonyl (C=O) groups excluding carboxylic acids is 3. The molecule has 0 bridgehead atoms. The quantitative estimate of drug-likeness (QED) is 0.815. The highest BCUT2D eigenvalue weighted by molar-refractivity contribution is 6.22. The summed E-state index contributed by atoms with van der Waals surface area (Å²) in [6, 6.07) is 15.1. The van der Waals surface area contributed by atoms with E-state index in [1.54, 1.807) is 18.2 Å². The Bertz CT molecular complexity index is 846. The smallest absolute Gasteiger partial charge is 0.262 e. The number of aryl methyl sites for hydroxylation is 2. The predicted molar refractivity (Wildman–Crippen MR) is 98.9 cm³/mol. The summed E-state index contributed by atoms with van der Waals surface area (Å²) in [5.74, 6) is -1.13. The number of benzene rings is 2. The van der Waals surface area contributed by atoms with Crippen LogP contribution in [0.15, 0.2) is 48.5 Å². The van der Waals surface area contributed by atoms with E-state index in [1.807, 2.05) is 32.0 Å². The van der Waals surface area contributed by atoms with E-state index in [9.17, 15) is 14.4 Å². The number of nitrogens with one attached hydrogen (secondary N) is 1. The summed E-state index contributed by atoms with van der Waals surface area (Å²) in [5, 5.41) is 2.87. The Kier molecular flexibility index (Phi) is 5.16. The van der Waals surface area contributed by atoms with Crippen LogP contribution >= 0.6 is 0 Å². The van der Waals surface area contributed by atoms with Gasteiger partial charge < -0.3 is 5.32 Å². The van der Waals surface area contributed by atoms with Crippen molar-refractivity contribution in [2.24, 2.45) is 0 Å². The van der Waals surface area contributed by atoms with Crippen LogP contribution in [0, 0.1) is 6.92 Å². The summed E-state index contributed by atoms with van der Waals surface area (Å²) >= 11 is 0. The standard InChI is InChI=1S/C21H22N2O3/c1-14-8-11-17-18(12-14)21(26)23(20(17)25)13-19(24)22-15(2)9-10-16-6-4-3-5-7-16/h3-8,11-12,15H,9-10,13H2,1-2H3,(H,22,24). The average Bonchev–Trinajstić information content (AvgIpc) is 2.85. The van der Waals surface area contributed by atoms with Gasteiger partial charge in [0.15, 0.2) is 0 Å². The molecule has 2 aromatic rings. The van der Waals surface area contributed by atoms with Gasteiger partial charge in [-0.25, -0.2) is 0 Å². The fourth-order valence-corrected chi connectivity index (χ4v) is 3.11. The normalized spacial score (nSPS) is 14.3. The number of rotatable bonds is 6. The van der Waals surface area contributed by atoms with Crippen molar-refractivity contribution in [3.63, 3.8) is 0 Å². The Labute approximate surface area is 153 Å². The lowest BCUT2D eigenvalue weighted by Crippen LogP contribution is -2.43. The Morgan fingerprint density at radius 3 is 2.46 bits per heavy atom. The van der Waals surface area contributed by atoms with Gasteiger partial charge in [0.1, 0.15) is 6.54 Å². The summed E-state index contributed by atoms with van der Waals surface area (Å²) in [6.45, 7) is 3.54. The molecule has 134 valence electrons. The maximum absolute atomic E-state index is 12.4. The molecule has 1 heterocycles. The molecule has 0 fully saturated rings. The SMILES string of the molecule is Cc1ccc2c(c1)C(=O)N(CC(=O)NC(C)CCc1ccccc1)C2=O. The molecule has 2 aromatic carbocycles. The van der Waals surface area contributed by atoms with Crippen LogP contribution in [0.4, 0.5) is 0 Å². The third-order valence-corrected chi connectivity index (χ3v) is 4.54. The molecule has 5 nitrogen and oxygen atoms in total. The number of hydrogen-bond acceptors (Lipinski definition) is 3. The Hall–Kier alpha value is -2.95. The van der Waals surface area contributed by atoms with Gasteiger partial charge in [0, 0.05) is 6.04 Å². The van der Waals surface area contributed by atoms with E-state index in [1.165, 1.54) is 5.56 Å². The molecule has 1 aliphatic heterocycles. The van der Waals surface area contributed by atoms with E-state index in [4.69, 9.17) is 0 Å². The van der Waals surface area contributed by atoms with E-state index >= 15 is 0 Å². The average molecular weight is 350 g/mol. The highest BCUT2D eigenvalue weighted by atomic mass is 16.2. The third kappa shape index (κ3) is 3.82. The molecule has 3 rings (SSSR count). The van der Waals surface area contributed by atoms with Crippen molar-refractivity contribution < 1.29 is 14.4 Å². The summed E-state index contributed by atoms with van der Waals surface area (Å²) in [4.78, 5) is 38.1. The Morgan fingerprint density at radius 1 is 1.04 bits per heavy atom. The van der Waals surface area contributed by atoms with Crippen molar-refractivity contribution in [1.82, 2.24) is 10.2 Å². The first kappa shape index (κ1) is 17.9. The first-order chi connectivity index (χ1) is 12.5. The summed E-state index contributed by atoms with van der Waals surface area (Å²) in [5.41, 5.74) is 2.86. The maximum Gasteiger partial charge on any atom is 0.262 e. The first-order valence-electron chi connectivity index (χ1n) is 8.76. The van der Waals surface area contributed by atoms with Crippen molar-refractivity contribution in [2.45, 2.75) is 32.7 Å². The number of fused-ring (bicyclic) bond motifs is 1. The van der Waals surface area contributed by atoms with E-state index < -0.39 is 11.8 Å². The fourth-order valence-electron chi connectivity index (χ4n) is 3.11. The molecule has 1 unspecified atom stereocenters. The van der Waals surface area contributed by atoms with Gasteiger partial charge >= 0.3 is 0 Å². The lowest BCUT2D eigenvalue weighted by Gasteiger charge is -2.17. The lowest BCUT2D eigenvalue weighted by atomic mass is 10.1. The molecule has 26 heavy (non-hydrogen) atoms. The van der Waals surface area contributed by atoms with Crippen LogP contribution in [0.1, 0.15) is 45.2 Å². The molecular formula is C21H22N2O3. The monoisotopic (exact) mass is 350 g/mol. The summed E-state index contributed by atoms with van der Waals surface area (Å²) in [6.07, 6.45) is 1.64. The van der Waals surface area contributed by atoms with Crippen LogP contribution in [0.3, 0.4) is 0 Å². The van der Waals surface area contributed by atoms with Crippen molar-refractivity contribution in [3.05, 3.63) is 70.8 Å². The second-order valence-corrected chi connectivity index (χ2v) is 6.74. The van der Waals surface area contributed by atoms with Crippen LogP contribution in [-0.4, -0.2) is 35.2 Å². The van der Waals surface area contributed by atoms with Gasteiger partial charge in [-0.15, -0.1) is 0 Å². The zero-order valence-corrected chi connectivity index (χ0v) is 15.0. The molecule has 1 aliphatic rings. The molecule has 1 atom stereocenters. The van der Waals surface area contributed by atoms with Crippen LogP contribution in [0.2, 0.25) is 0 Å². The minimum absolute atomic E-state index is 0.0415. The number of nitrogens with zero attached hydrogens (tertiary/aromatic N) is 1. The minimum atomic E-state index is -0.405. The highest BCUT2D eigenvalue weighted by Crippen LogP contribution is 2.23. The molecule has 0 saturated carbocycles. The van der Waals surface area contributed by atoms with E-state index in [-0.39, 0.29) is 18.5 Å². The van der Waals surface area contributed by atoms with Crippen LogP contribution in [0.5, 0.6) is 0 Å². The molecule has 5 heteroatoms. The first-order valence-corrected chi connectivity index (χ1v) is 8.76. The molecule has 0 aromatic heterocycles. The Balaban J connectivity index is 1.55. The maximum atomic E-state index is 12.4. The van der Waals surface area contributed by atoms with Crippen molar-refractivity contribution in [2.75, 3.05) is 6.54 Å². The second kappa shape index (κ2) is 7.52. The zero-order chi connectivity index (χ0) is 18.7. The van der Waals surface area contributed by atoms with Crippen LogP contribution in [0.25, 0.3) is 0 Å². The minimum Gasteiger partial charge on any atom is -0.352 e. The van der Waals surface area contributed by atoms with Gasteiger partial charge in [-0.3, -0.25) is 19.3 Å². The third-order valence-electron chi connectivity index (χ3n) is 4.54. The number of carbonyl (C=O) groups is 3. The van der Waals surface area contributed by atoms with Gasteiger partial charge in [-0.2, -0.15) is 0 Å². The van der Waals surface area contributed by atoms with Crippen molar-refractivity contribution in [1.29, 1.82) is 0 Å². The Morgan fingerprint density at radius 2 is 1.73 bits per heavy atom. The van der Waals surface area contributed by atoms with Crippen molar-refractivity contribution >= 4 is 17.7 Å². The molecule has 0 radical (unpaired) electrons. The van der Waals surface area contributed by atoms with Gasteiger partial charge in [-0.1, -0.05) is 42.0 Å². The van der Waals surface area contributed by atoms with Gasteiger partial charge in [0.25, 0.3) is 11.8 Å². The number of imide groups is 1. The molecular weight excluding hydrogens is 328 g/mol. The van der Waals surface area contributed by atoms with Gasteiger partial charge in [-0.05, 0) is 44.4 Å². The molecule has 0 aliphatic carbocycles.